The minimum absolute atomic E-state index is 0.00472. The molecule has 4 heteroatoms. The van der Waals surface area contributed by atoms with Gasteiger partial charge >= 0.3 is 0 Å². The molecule has 0 radical (unpaired) electrons. The fourth-order valence-electron chi connectivity index (χ4n) is 0.606. The van der Waals surface area contributed by atoms with Crippen LogP contribution in [-0.4, -0.2) is 3.96 Å². The van der Waals surface area contributed by atoms with Crippen molar-refractivity contribution in [2.75, 3.05) is 0 Å². The number of thiol groups is 1. The van der Waals surface area contributed by atoms with Gasteiger partial charge in [-0.1, -0.05) is 6.08 Å². The van der Waals surface area contributed by atoms with Crippen LogP contribution < -0.4 is 5.56 Å². The van der Waals surface area contributed by atoms with E-state index in [2.05, 4.69) is 19.2 Å². The van der Waals surface area contributed by atoms with Gasteiger partial charge in [0.25, 0.3) is 5.56 Å². The van der Waals surface area contributed by atoms with Crippen LogP contribution in [0, 0.1) is 0 Å². The summed E-state index contributed by atoms with van der Waals surface area (Å²) in [6, 6.07) is 1.50. The van der Waals surface area contributed by atoms with Crippen LogP contribution in [0.4, 0.5) is 0 Å². The van der Waals surface area contributed by atoms with Gasteiger partial charge in [-0.2, -0.15) is 0 Å². The van der Waals surface area contributed by atoms with E-state index < -0.39 is 0 Å². The number of allylic oxidation sites excluding steroid dienone is 1. The van der Waals surface area contributed by atoms with Gasteiger partial charge in [-0.3, -0.25) is 8.75 Å². The molecule has 54 valence electrons. The normalized spacial score (nSPS) is 9.70. The first-order valence-electron chi connectivity index (χ1n) is 2.75. The standard InChI is InChI=1S/C6H7NOS2/c1-2-3-7-5(8)4-6(9)10-7/h2,4,9H,1,3H2. The number of rotatable bonds is 2. The molecule has 1 heterocycles. The minimum atomic E-state index is -0.00472. The van der Waals surface area contributed by atoms with Gasteiger partial charge < -0.3 is 0 Å². The molecule has 0 saturated heterocycles. The van der Waals surface area contributed by atoms with E-state index in [4.69, 9.17) is 0 Å². The van der Waals surface area contributed by atoms with E-state index in [0.29, 0.717) is 6.54 Å². The Bertz CT molecular complexity index is 286. The van der Waals surface area contributed by atoms with E-state index in [9.17, 15) is 4.79 Å². The molecular weight excluding hydrogens is 166 g/mol. The first-order valence-corrected chi connectivity index (χ1v) is 3.97. The second kappa shape index (κ2) is 3.07. The quantitative estimate of drug-likeness (QED) is 0.530. The van der Waals surface area contributed by atoms with Crippen molar-refractivity contribution in [2.45, 2.75) is 10.8 Å². The van der Waals surface area contributed by atoms with Crippen molar-refractivity contribution in [2.24, 2.45) is 0 Å². The van der Waals surface area contributed by atoms with E-state index in [1.807, 2.05) is 0 Å². The highest BCUT2D eigenvalue weighted by atomic mass is 32.2. The van der Waals surface area contributed by atoms with Crippen LogP contribution in [-0.2, 0) is 6.54 Å². The Labute approximate surface area is 68.4 Å². The summed E-state index contributed by atoms with van der Waals surface area (Å²) in [6.45, 7) is 4.10. The van der Waals surface area contributed by atoms with Crippen LogP contribution in [0.3, 0.4) is 0 Å². The molecule has 1 aromatic rings. The Balaban J connectivity index is 3.03. The first kappa shape index (κ1) is 7.63. The highest BCUT2D eigenvalue weighted by molar-refractivity contribution is 7.82. The van der Waals surface area contributed by atoms with E-state index in [-0.39, 0.29) is 5.56 Å². The molecule has 1 rings (SSSR count). The van der Waals surface area contributed by atoms with Crippen LogP contribution in [0.1, 0.15) is 0 Å². The van der Waals surface area contributed by atoms with Gasteiger partial charge in [-0.15, -0.1) is 19.2 Å². The van der Waals surface area contributed by atoms with E-state index in [1.54, 1.807) is 10.0 Å². The van der Waals surface area contributed by atoms with Crippen molar-refractivity contribution in [3.05, 3.63) is 29.1 Å². The molecule has 0 atom stereocenters. The van der Waals surface area contributed by atoms with Gasteiger partial charge in [0.15, 0.2) is 0 Å². The predicted octanol–water partition coefficient (Wildman–Crippen LogP) is 1.38. The summed E-state index contributed by atoms with van der Waals surface area (Å²) in [5, 5.41) is 0. The molecule has 0 saturated carbocycles. The van der Waals surface area contributed by atoms with Crippen molar-refractivity contribution in [1.29, 1.82) is 0 Å². The average Bonchev–Trinajstić information content (AvgIpc) is 2.13. The lowest BCUT2D eigenvalue weighted by atomic mass is 10.6. The van der Waals surface area contributed by atoms with E-state index in [0.717, 1.165) is 4.21 Å². The molecule has 0 unspecified atom stereocenters. The maximum Gasteiger partial charge on any atom is 0.262 e. The topological polar surface area (TPSA) is 22.0 Å². The molecule has 0 N–H and O–H groups in total. The zero-order valence-corrected chi connectivity index (χ0v) is 6.99. The number of hydrogen-bond donors (Lipinski definition) is 1. The summed E-state index contributed by atoms with van der Waals surface area (Å²) in [7, 11) is 0. The molecular formula is C6H7NOS2. The molecule has 1 aromatic heterocycles. The molecule has 10 heavy (non-hydrogen) atoms. The van der Waals surface area contributed by atoms with Crippen LogP contribution in [0.5, 0.6) is 0 Å². The summed E-state index contributed by atoms with van der Waals surface area (Å²) in [5.74, 6) is 0. The van der Waals surface area contributed by atoms with Gasteiger partial charge in [0.05, 0.1) is 10.8 Å². The van der Waals surface area contributed by atoms with E-state index >= 15 is 0 Å². The summed E-state index contributed by atoms with van der Waals surface area (Å²) in [5.41, 5.74) is -0.00472. The lowest BCUT2D eigenvalue weighted by molar-refractivity contribution is 0.878. The van der Waals surface area contributed by atoms with Gasteiger partial charge in [-0.05, 0) is 11.5 Å². The first-order chi connectivity index (χ1) is 4.74. The van der Waals surface area contributed by atoms with Gasteiger partial charge in [0.2, 0.25) is 0 Å². The summed E-state index contributed by atoms with van der Waals surface area (Å²) in [4.78, 5) is 10.9. The third kappa shape index (κ3) is 1.52. The zero-order chi connectivity index (χ0) is 7.56. The van der Waals surface area contributed by atoms with Gasteiger partial charge in [0, 0.05) is 6.07 Å². The largest absolute Gasteiger partial charge is 0.268 e. The fourth-order valence-corrected chi connectivity index (χ4v) is 1.71. The Morgan fingerprint density at radius 3 is 3.00 bits per heavy atom. The Kier molecular flexibility index (Phi) is 2.34. The molecule has 0 aromatic carbocycles. The predicted molar refractivity (Wildman–Crippen MR) is 46.0 cm³/mol. The molecule has 0 bridgehead atoms. The van der Waals surface area contributed by atoms with Crippen molar-refractivity contribution >= 4 is 24.2 Å². The Morgan fingerprint density at radius 1 is 1.90 bits per heavy atom. The smallest absolute Gasteiger partial charge is 0.262 e. The van der Waals surface area contributed by atoms with Crippen LogP contribution in [0.15, 0.2) is 27.7 Å². The monoisotopic (exact) mass is 173 g/mol. The summed E-state index contributed by atoms with van der Waals surface area (Å²) in [6.07, 6.45) is 1.69. The van der Waals surface area contributed by atoms with Crippen molar-refractivity contribution < 1.29 is 0 Å². The fraction of sp³-hybridized carbons (Fsp3) is 0.167. The van der Waals surface area contributed by atoms with Crippen LogP contribution in [0.2, 0.25) is 0 Å². The van der Waals surface area contributed by atoms with Crippen molar-refractivity contribution in [1.82, 2.24) is 3.96 Å². The Hall–Kier alpha value is -0.480. The van der Waals surface area contributed by atoms with Gasteiger partial charge in [0.1, 0.15) is 0 Å². The van der Waals surface area contributed by atoms with E-state index in [1.165, 1.54) is 17.6 Å². The lowest BCUT2D eigenvalue weighted by Gasteiger charge is -1.89. The van der Waals surface area contributed by atoms with Crippen LogP contribution in [0.25, 0.3) is 0 Å². The summed E-state index contributed by atoms with van der Waals surface area (Å²) >= 11 is 5.37. The highest BCUT2D eigenvalue weighted by Crippen LogP contribution is 2.09. The Morgan fingerprint density at radius 2 is 2.60 bits per heavy atom. The molecule has 0 amide bonds. The van der Waals surface area contributed by atoms with Crippen molar-refractivity contribution in [3.8, 4) is 0 Å². The maximum atomic E-state index is 10.9. The number of aromatic nitrogens is 1. The summed E-state index contributed by atoms with van der Waals surface area (Å²) < 4.78 is 2.34. The minimum Gasteiger partial charge on any atom is -0.268 e. The molecule has 2 nitrogen and oxygen atoms in total. The molecule has 0 aliphatic rings. The maximum absolute atomic E-state index is 10.9. The number of nitrogens with zero attached hydrogens (tertiary/aromatic N) is 1. The SMILES string of the molecule is C=CCn1sc(S)cc1=O. The molecule has 0 aliphatic heterocycles. The number of hydrogen-bond acceptors (Lipinski definition) is 3. The molecule has 0 fully saturated rings. The second-order valence-electron chi connectivity index (χ2n) is 1.76. The van der Waals surface area contributed by atoms with Gasteiger partial charge in [-0.25, -0.2) is 0 Å². The molecule has 0 spiro atoms. The third-order valence-corrected chi connectivity index (χ3v) is 2.22. The van der Waals surface area contributed by atoms with Crippen molar-refractivity contribution in [3.63, 3.8) is 0 Å². The third-order valence-electron chi connectivity index (χ3n) is 0.991. The second-order valence-corrected chi connectivity index (χ2v) is 3.61. The lowest BCUT2D eigenvalue weighted by Crippen LogP contribution is -2.09. The zero-order valence-electron chi connectivity index (χ0n) is 5.28. The molecule has 0 aliphatic carbocycles. The average molecular weight is 173 g/mol. The van der Waals surface area contributed by atoms with Crippen LogP contribution >= 0.6 is 24.2 Å². The highest BCUT2D eigenvalue weighted by Gasteiger charge is 1.96.